The van der Waals surface area contributed by atoms with E-state index in [4.69, 9.17) is 15.8 Å². The van der Waals surface area contributed by atoms with Gasteiger partial charge in [-0.1, -0.05) is 116 Å². The van der Waals surface area contributed by atoms with Crippen molar-refractivity contribution in [2.45, 2.75) is 190 Å². The van der Waals surface area contributed by atoms with Gasteiger partial charge in [-0.15, -0.1) is 0 Å². The second-order valence-corrected chi connectivity index (χ2v) is 20.2. The molecule has 0 aromatic carbocycles. The fraction of sp³-hybridized carbons (Fsp3) is 0.917. The van der Waals surface area contributed by atoms with Crippen LogP contribution in [0, 0.1) is 34.0 Å². The van der Waals surface area contributed by atoms with Crippen LogP contribution in [0.2, 0.25) is 0 Å². The number of sulfonamides is 3. The Kier molecular flexibility index (Phi) is 29.6. The Morgan fingerprint density at radius 1 is 0.392 bits per heavy atom. The summed E-state index contributed by atoms with van der Waals surface area (Å²) in [7, 11) is -14.8. The average Bonchev–Trinajstić information content (AvgIpc) is 3.08. The Hall–Kier alpha value is -1.80. The molecule has 0 aliphatic rings. The van der Waals surface area contributed by atoms with Gasteiger partial charge in [0.1, 0.15) is 0 Å². The van der Waals surface area contributed by atoms with Gasteiger partial charge in [-0.05, 0) is 44.9 Å². The molecule has 0 bridgehead atoms. The standard InChI is InChI=1S/C36H68N6O6S3/c1-2-3-22-29-36(49(43,44)40-33-26-19-13-7-4-10-16-23-30-37,50(45,46)41-34-27-20-14-8-5-11-17-24-31-38)51(47,48)42-35-28-21-15-9-6-12-18-25-32-39/h40-42H,2-29,33-35H2,1H3. The van der Waals surface area contributed by atoms with Crippen molar-refractivity contribution in [2.75, 3.05) is 19.6 Å². The summed E-state index contributed by atoms with van der Waals surface area (Å²) in [6.07, 6.45) is 19.5. The molecule has 0 saturated heterocycles. The molecular formula is C36H68N6O6S3. The minimum Gasteiger partial charge on any atom is -0.213 e. The normalized spacial score (nSPS) is 12.4. The predicted octanol–water partition coefficient (Wildman–Crippen LogP) is 7.91. The zero-order valence-corrected chi connectivity index (χ0v) is 33.9. The first-order valence-corrected chi connectivity index (χ1v) is 24.0. The van der Waals surface area contributed by atoms with E-state index in [1.165, 1.54) is 0 Å². The van der Waals surface area contributed by atoms with E-state index in [9.17, 15) is 25.3 Å². The average molecular weight is 777 g/mol. The van der Waals surface area contributed by atoms with Crippen molar-refractivity contribution in [2.24, 2.45) is 0 Å². The molecule has 296 valence electrons. The third-order valence-corrected chi connectivity index (χ3v) is 17.9. The van der Waals surface area contributed by atoms with E-state index in [1.54, 1.807) is 0 Å². The third kappa shape index (κ3) is 20.9. The lowest BCUT2D eigenvalue weighted by molar-refractivity contribution is 0.507. The topological polar surface area (TPSA) is 210 Å². The van der Waals surface area contributed by atoms with Crippen LogP contribution in [0.5, 0.6) is 0 Å². The minimum absolute atomic E-state index is 0.0694. The molecule has 0 radical (unpaired) electrons. The molecule has 0 heterocycles. The van der Waals surface area contributed by atoms with Crippen LogP contribution >= 0.6 is 0 Å². The summed E-state index contributed by atoms with van der Waals surface area (Å²) in [6.45, 7) is 1.67. The van der Waals surface area contributed by atoms with Crippen LogP contribution in [0.1, 0.15) is 187 Å². The van der Waals surface area contributed by atoms with Crippen molar-refractivity contribution in [1.82, 2.24) is 14.2 Å². The zero-order valence-electron chi connectivity index (χ0n) is 31.4. The maximum absolute atomic E-state index is 14.1. The van der Waals surface area contributed by atoms with Crippen molar-refractivity contribution in [3.8, 4) is 18.2 Å². The van der Waals surface area contributed by atoms with Gasteiger partial charge in [0.2, 0.25) is 30.1 Å². The smallest absolute Gasteiger partial charge is 0.213 e. The zero-order chi connectivity index (χ0) is 38.2. The number of hydrogen-bond donors (Lipinski definition) is 3. The molecule has 0 rings (SSSR count). The van der Waals surface area contributed by atoms with Crippen LogP contribution in [-0.2, 0) is 30.1 Å². The molecule has 0 aliphatic heterocycles. The van der Waals surface area contributed by atoms with Gasteiger partial charge in [0, 0.05) is 45.3 Å². The summed E-state index contributed by atoms with van der Waals surface area (Å²) < 4.78 is 88.8. The number of hydrogen-bond acceptors (Lipinski definition) is 9. The SMILES string of the molecule is CCCCCC(S(=O)(=O)NCCCCCCCCCC#N)(S(=O)(=O)NCCCCCCCCCC#N)S(=O)(=O)NCCCCCCCCCC#N. The molecule has 51 heavy (non-hydrogen) atoms. The maximum Gasteiger partial charge on any atom is 0.313 e. The van der Waals surface area contributed by atoms with E-state index < -0.39 is 39.9 Å². The first kappa shape index (κ1) is 49.2. The van der Waals surface area contributed by atoms with Crippen molar-refractivity contribution < 1.29 is 25.3 Å². The van der Waals surface area contributed by atoms with Crippen molar-refractivity contribution in [3.05, 3.63) is 0 Å². The molecule has 12 nitrogen and oxygen atoms in total. The number of nitriles is 3. The third-order valence-electron chi connectivity index (χ3n) is 9.09. The number of rotatable bonds is 37. The molecule has 0 aliphatic carbocycles. The number of nitrogens with one attached hydrogen (secondary N) is 3. The highest BCUT2D eigenvalue weighted by molar-refractivity contribution is 8.24. The molecule has 0 spiro atoms. The van der Waals surface area contributed by atoms with E-state index in [2.05, 4.69) is 32.4 Å². The van der Waals surface area contributed by atoms with Gasteiger partial charge in [-0.3, -0.25) is 0 Å². The van der Waals surface area contributed by atoms with Crippen molar-refractivity contribution in [3.63, 3.8) is 0 Å². The van der Waals surface area contributed by atoms with Gasteiger partial charge in [-0.2, -0.15) is 15.8 Å². The summed E-state index contributed by atoms with van der Waals surface area (Å²) in [5.41, 5.74) is 0. The van der Waals surface area contributed by atoms with Gasteiger partial charge < -0.3 is 0 Å². The van der Waals surface area contributed by atoms with Gasteiger partial charge in [0.15, 0.2) is 0 Å². The van der Waals surface area contributed by atoms with E-state index in [-0.39, 0.29) is 26.1 Å². The summed E-state index contributed by atoms with van der Waals surface area (Å²) in [5.74, 6) is 0. The Bertz CT molecular complexity index is 1180. The molecule has 0 fully saturated rings. The van der Waals surface area contributed by atoms with Crippen molar-refractivity contribution in [1.29, 1.82) is 15.8 Å². The second-order valence-electron chi connectivity index (χ2n) is 13.5. The molecule has 0 amide bonds. The van der Waals surface area contributed by atoms with Crippen LogP contribution in [0.15, 0.2) is 0 Å². The van der Waals surface area contributed by atoms with Gasteiger partial charge in [0.25, 0.3) is 0 Å². The first-order valence-electron chi connectivity index (χ1n) is 19.6. The summed E-state index contributed by atoms with van der Waals surface area (Å²) >= 11 is 0. The lowest BCUT2D eigenvalue weighted by Crippen LogP contribution is -2.63. The fourth-order valence-corrected chi connectivity index (χ4v) is 13.7. The molecule has 0 aromatic heterocycles. The van der Waals surface area contributed by atoms with E-state index in [0.717, 1.165) is 96.3 Å². The number of nitrogens with zero attached hydrogens (tertiary/aromatic N) is 3. The molecule has 0 aromatic rings. The van der Waals surface area contributed by atoms with Gasteiger partial charge in [0.05, 0.1) is 18.2 Å². The van der Waals surface area contributed by atoms with Crippen LogP contribution in [0.4, 0.5) is 0 Å². The Balaban J connectivity index is 5.75. The molecule has 3 N–H and O–H groups in total. The highest BCUT2D eigenvalue weighted by Gasteiger charge is 2.64. The van der Waals surface area contributed by atoms with E-state index >= 15 is 0 Å². The summed E-state index contributed by atoms with van der Waals surface area (Å²) in [5, 5.41) is 26.0. The fourth-order valence-electron chi connectivity index (χ4n) is 6.02. The van der Waals surface area contributed by atoms with E-state index in [0.29, 0.717) is 70.6 Å². The lowest BCUT2D eigenvalue weighted by atomic mass is 10.1. The Labute approximate surface area is 312 Å². The van der Waals surface area contributed by atoms with Gasteiger partial charge in [-0.25, -0.2) is 39.4 Å². The quantitative estimate of drug-likeness (QED) is 0.0523. The molecule has 0 unspecified atom stereocenters. The van der Waals surface area contributed by atoms with Crippen LogP contribution < -0.4 is 14.2 Å². The maximum atomic E-state index is 14.1. The van der Waals surface area contributed by atoms with E-state index in [1.807, 2.05) is 6.92 Å². The predicted molar refractivity (Wildman–Crippen MR) is 205 cm³/mol. The summed E-state index contributed by atoms with van der Waals surface area (Å²) in [6, 6.07) is 6.39. The Morgan fingerprint density at radius 2 is 0.647 bits per heavy atom. The minimum atomic E-state index is -4.94. The van der Waals surface area contributed by atoms with Crippen LogP contribution in [0.3, 0.4) is 0 Å². The Morgan fingerprint density at radius 3 is 0.902 bits per heavy atom. The molecule has 0 atom stereocenters. The highest BCUT2D eigenvalue weighted by Crippen LogP contribution is 2.35. The monoisotopic (exact) mass is 776 g/mol. The number of unbranched alkanes of at least 4 members (excludes halogenated alkanes) is 23. The summed E-state index contributed by atoms with van der Waals surface area (Å²) in [4.78, 5) is 0. The lowest BCUT2D eigenvalue weighted by Gasteiger charge is -2.32. The van der Waals surface area contributed by atoms with Gasteiger partial charge >= 0.3 is 3.41 Å². The molecule has 15 heteroatoms. The first-order chi connectivity index (χ1) is 24.5. The highest BCUT2D eigenvalue weighted by atomic mass is 32.3. The van der Waals surface area contributed by atoms with Crippen LogP contribution in [-0.4, -0.2) is 48.3 Å². The molecule has 0 saturated carbocycles. The largest absolute Gasteiger partial charge is 0.313 e. The van der Waals surface area contributed by atoms with Crippen molar-refractivity contribution >= 4 is 30.1 Å². The second kappa shape index (κ2) is 30.6. The van der Waals surface area contributed by atoms with Crippen LogP contribution in [0.25, 0.3) is 0 Å². The molecular weight excluding hydrogens is 709 g/mol.